The maximum Gasteiger partial charge on any atom is 0.321 e. The van der Waals surface area contributed by atoms with Crippen LogP contribution in [-0.2, 0) is 14.8 Å². The maximum atomic E-state index is 13.9. The number of aliphatic carboxylic acids is 1. The Morgan fingerprint density at radius 1 is 1.12 bits per heavy atom. The van der Waals surface area contributed by atoms with E-state index in [-0.39, 0.29) is 12.2 Å². The van der Waals surface area contributed by atoms with Crippen molar-refractivity contribution in [1.29, 1.82) is 0 Å². The van der Waals surface area contributed by atoms with Gasteiger partial charge in [0.25, 0.3) is 5.91 Å². The number of aryl methyl sites for hydroxylation is 1. The van der Waals surface area contributed by atoms with Crippen molar-refractivity contribution in [3.8, 4) is 5.75 Å². The fourth-order valence-electron chi connectivity index (χ4n) is 4.76. The molecule has 11 heteroatoms. The molecule has 0 fully saturated rings. The van der Waals surface area contributed by atoms with E-state index in [1.54, 1.807) is 51.1 Å². The predicted molar refractivity (Wildman–Crippen MR) is 162 cm³/mol. The third kappa shape index (κ3) is 6.43. The van der Waals surface area contributed by atoms with Crippen molar-refractivity contribution < 1.29 is 32.3 Å². The van der Waals surface area contributed by atoms with Crippen LogP contribution in [0.5, 0.6) is 5.75 Å². The Hall–Kier alpha value is -3.93. The summed E-state index contributed by atoms with van der Waals surface area (Å²) in [5.41, 5.74) is 2.56. The first-order chi connectivity index (χ1) is 19.8. The molecule has 0 saturated heterocycles. The zero-order valence-corrected chi connectivity index (χ0v) is 25.2. The molecule has 1 aliphatic carbocycles. The van der Waals surface area contributed by atoms with E-state index in [0.717, 1.165) is 11.1 Å². The van der Waals surface area contributed by atoms with Crippen LogP contribution in [0.3, 0.4) is 0 Å². The van der Waals surface area contributed by atoms with Crippen molar-refractivity contribution in [2.45, 2.75) is 38.1 Å². The summed E-state index contributed by atoms with van der Waals surface area (Å²) < 4.78 is 42.0. The van der Waals surface area contributed by atoms with Gasteiger partial charge in [0.1, 0.15) is 24.0 Å². The first kappa shape index (κ1) is 31.0. The molecule has 2 aromatic carbocycles. The number of furan rings is 1. The van der Waals surface area contributed by atoms with Crippen LogP contribution in [0.25, 0.3) is 16.5 Å². The molecule has 1 amide bonds. The van der Waals surface area contributed by atoms with Crippen molar-refractivity contribution in [1.82, 2.24) is 14.9 Å². The molecule has 0 saturated carbocycles. The summed E-state index contributed by atoms with van der Waals surface area (Å²) in [4.78, 5) is 25.7. The van der Waals surface area contributed by atoms with Gasteiger partial charge in [-0.05, 0) is 56.3 Å². The van der Waals surface area contributed by atoms with E-state index in [1.165, 1.54) is 6.08 Å². The minimum atomic E-state index is -4.48. The number of fused-ring (bicyclic) bond motifs is 1. The molecule has 42 heavy (non-hydrogen) atoms. The number of amides is 1. The summed E-state index contributed by atoms with van der Waals surface area (Å²) in [5.74, 6) is -2.13. The van der Waals surface area contributed by atoms with Crippen LogP contribution in [0.2, 0.25) is 0 Å². The standard InChI is InChI=1S/C31H37N3O7S/c1-20(2)27(30(36)37)33-42(38,39)31(16-14-23(15-17-31)22-10-7-6-8-11-22)32-29(35)28-21(3)26-24(40-19-18-34(4)5)12-9-13-25(26)41-28/h6-16,20,27,33H,17-19H2,1-5H3,(H,32,35)(H,36,37)/t27-,31?/m0/s1. The van der Waals surface area contributed by atoms with E-state index in [4.69, 9.17) is 9.15 Å². The molecule has 0 spiro atoms. The highest BCUT2D eigenvalue weighted by molar-refractivity contribution is 7.91. The van der Waals surface area contributed by atoms with Crippen LogP contribution in [0.15, 0.2) is 71.2 Å². The zero-order chi connectivity index (χ0) is 30.7. The second-order valence-corrected chi connectivity index (χ2v) is 12.9. The molecule has 0 bridgehead atoms. The van der Waals surface area contributed by atoms with Crippen molar-refractivity contribution >= 4 is 38.4 Å². The highest BCUT2D eigenvalue weighted by Crippen LogP contribution is 2.35. The van der Waals surface area contributed by atoms with Gasteiger partial charge < -0.3 is 24.5 Å². The van der Waals surface area contributed by atoms with E-state index in [9.17, 15) is 23.1 Å². The van der Waals surface area contributed by atoms with Gasteiger partial charge in [-0.1, -0.05) is 62.4 Å². The third-order valence-electron chi connectivity index (χ3n) is 7.20. The van der Waals surface area contributed by atoms with E-state index < -0.39 is 38.7 Å². The van der Waals surface area contributed by atoms with Crippen LogP contribution < -0.4 is 14.8 Å². The van der Waals surface area contributed by atoms with Gasteiger partial charge in [-0.2, -0.15) is 4.72 Å². The van der Waals surface area contributed by atoms with Crippen molar-refractivity contribution in [2.24, 2.45) is 5.92 Å². The molecule has 2 atom stereocenters. The Balaban J connectivity index is 1.71. The lowest BCUT2D eigenvalue weighted by Gasteiger charge is -2.34. The Labute approximate surface area is 246 Å². The maximum absolute atomic E-state index is 13.9. The number of benzene rings is 2. The van der Waals surface area contributed by atoms with Crippen LogP contribution in [-0.4, -0.2) is 68.5 Å². The molecule has 3 N–H and O–H groups in total. The minimum Gasteiger partial charge on any atom is -0.491 e. The van der Waals surface area contributed by atoms with E-state index in [2.05, 4.69) is 10.0 Å². The van der Waals surface area contributed by atoms with Crippen molar-refractivity contribution in [2.75, 3.05) is 27.2 Å². The quantitative estimate of drug-likeness (QED) is 0.284. The monoisotopic (exact) mass is 595 g/mol. The second kappa shape index (κ2) is 12.5. The first-order valence-electron chi connectivity index (χ1n) is 13.7. The van der Waals surface area contributed by atoms with Crippen molar-refractivity contribution in [3.63, 3.8) is 0 Å². The van der Waals surface area contributed by atoms with Crippen LogP contribution in [0.1, 0.15) is 41.9 Å². The van der Waals surface area contributed by atoms with Gasteiger partial charge in [0.2, 0.25) is 10.0 Å². The van der Waals surface area contributed by atoms with Gasteiger partial charge in [0.05, 0.1) is 5.39 Å². The van der Waals surface area contributed by atoms with Crippen LogP contribution >= 0.6 is 0 Å². The fourth-order valence-corrected chi connectivity index (χ4v) is 6.45. The van der Waals surface area contributed by atoms with Gasteiger partial charge >= 0.3 is 5.97 Å². The SMILES string of the molecule is Cc1c(C(=O)NC2(S(=O)(=O)N[C@H](C(=O)O)C(C)C)C=CC(c3ccccc3)=CC2)oc2cccc(OCCN(C)C)c12. The van der Waals surface area contributed by atoms with Gasteiger partial charge in [0.15, 0.2) is 10.6 Å². The van der Waals surface area contributed by atoms with E-state index in [1.807, 2.05) is 49.3 Å². The minimum absolute atomic E-state index is 0.0619. The van der Waals surface area contributed by atoms with Crippen molar-refractivity contribution in [3.05, 3.63) is 83.6 Å². The lowest BCUT2D eigenvalue weighted by Crippen LogP contribution is -2.60. The van der Waals surface area contributed by atoms with Gasteiger partial charge in [0, 0.05) is 18.5 Å². The van der Waals surface area contributed by atoms with E-state index >= 15 is 0 Å². The lowest BCUT2D eigenvalue weighted by molar-refractivity contribution is -0.140. The highest BCUT2D eigenvalue weighted by atomic mass is 32.2. The number of carbonyl (C=O) groups excluding carboxylic acids is 1. The van der Waals surface area contributed by atoms with Gasteiger partial charge in [-0.15, -0.1) is 0 Å². The molecule has 0 aliphatic heterocycles. The second-order valence-electron chi connectivity index (χ2n) is 10.9. The number of likely N-dealkylation sites (N-methyl/N-ethyl adjacent to an activating group) is 1. The molecule has 1 aliphatic rings. The summed E-state index contributed by atoms with van der Waals surface area (Å²) in [6, 6.07) is 13.3. The molecule has 10 nitrogen and oxygen atoms in total. The normalized spacial score (nSPS) is 17.8. The Kier molecular flexibility index (Phi) is 9.24. The molecule has 0 radical (unpaired) electrons. The van der Waals surface area contributed by atoms with Crippen LogP contribution in [0, 0.1) is 12.8 Å². The summed E-state index contributed by atoms with van der Waals surface area (Å²) in [5, 5.41) is 13.0. The van der Waals surface area contributed by atoms with E-state index in [0.29, 0.717) is 35.4 Å². The lowest BCUT2D eigenvalue weighted by atomic mass is 9.96. The molecule has 3 aromatic rings. The van der Waals surface area contributed by atoms with Gasteiger partial charge in [-0.3, -0.25) is 9.59 Å². The largest absolute Gasteiger partial charge is 0.491 e. The summed E-state index contributed by atoms with van der Waals surface area (Å²) in [6.45, 7) is 6.03. The third-order valence-corrected chi connectivity index (χ3v) is 9.13. The number of allylic oxidation sites excluding steroid dienone is 2. The average molecular weight is 596 g/mol. The molecule has 1 aromatic heterocycles. The Morgan fingerprint density at radius 2 is 1.83 bits per heavy atom. The fraction of sp³-hybridized carbons (Fsp3) is 0.355. The number of hydrogen-bond acceptors (Lipinski definition) is 7. The number of nitrogens with one attached hydrogen (secondary N) is 2. The number of carboxylic acid groups (broad SMARTS) is 1. The summed E-state index contributed by atoms with van der Waals surface area (Å²) in [6.07, 6.45) is 4.58. The number of ether oxygens (including phenoxy) is 1. The van der Waals surface area contributed by atoms with Crippen LogP contribution in [0.4, 0.5) is 0 Å². The Bertz CT molecular complexity index is 1620. The first-order valence-corrected chi connectivity index (χ1v) is 15.1. The molecular formula is C31H37N3O7S. The zero-order valence-electron chi connectivity index (χ0n) is 24.4. The highest BCUT2D eigenvalue weighted by Gasteiger charge is 2.46. The summed E-state index contributed by atoms with van der Waals surface area (Å²) in [7, 11) is -0.607. The molecule has 1 unspecified atom stereocenters. The molecule has 1 heterocycles. The molecule has 224 valence electrons. The number of carboxylic acids is 1. The summed E-state index contributed by atoms with van der Waals surface area (Å²) >= 11 is 0. The molecular weight excluding hydrogens is 558 g/mol. The number of hydrogen-bond donors (Lipinski definition) is 3. The average Bonchev–Trinajstić information content (AvgIpc) is 3.29. The number of rotatable bonds is 12. The number of nitrogens with zero attached hydrogens (tertiary/aromatic N) is 1. The molecule has 4 rings (SSSR count). The number of sulfonamides is 1. The predicted octanol–water partition coefficient (Wildman–Crippen LogP) is 4.18. The Morgan fingerprint density at radius 3 is 2.43 bits per heavy atom. The topological polar surface area (TPSA) is 138 Å². The van der Waals surface area contributed by atoms with Gasteiger partial charge in [-0.25, -0.2) is 8.42 Å². The number of carbonyl (C=O) groups is 2. The smallest absolute Gasteiger partial charge is 0.321 e.